The molecule has 1 unspecified atom stereocenters. The molecular weight excluding hydrogens is 547 g/mol. The number of benzene rings is 1. The lowest BCUT2D eigenvalue weighted by atomic mass is 10.0. The number of carbonyl (C=O) groups excluding carboxylic acids is 2. The molecule has 2 aromatic rings. The van der Waals surface area contributed by atoms with Gasteiger partial charge in [-0.2, -0.15) is 13.2 Å². The molecule has 0 aliphatic carbocycles. The van der Waals surface area contributed by atoms with Crippen LogP contribution < -0.4 is 16.0 Å². The number of urea groups is 1. The number of carbonyl (C=O) groups is 2. The van der Waals surface area contributed by atoms with Gasteiger partial charge < -0.3 is 15.5 Å². The number of hydrogen-bond donors (Lipinski definition) is 3. The number of piperazine rings is 1. The predicted molar refractivity (Wildman–Crippen MR) is 156 cm³/mol. The van der Waals surface area contributed by atoms with E-state index in [1.165, 1.54) is 25.3 Å². The molecule has 0 spiro atoms. The molecule has 1 aromatic carbocycles. The molecular formula is C30H34F3N7O2. The summed E-state index contributed by atoms with van der Waals surface area (Å²) in [6.07, 6.45) is -0.728. The third kappa shape index (κ3) is 8.64. The van der Waals surface area contributed by atoms with Gasteiger partial charge in [0.15, 0.2) is 0 Å². The molecule has 9 nitrogen and oxygen atoms in total. The first-order valence-corrected chi connectivity index (χ1v) is 13.8. The van der Waals surface area contributed by atoms with Crippen LogP contribution in [0.15, 0.2) is 53.2 Å². The van der Waals surface area contributed by atoms with Crippen LogP contribution in [0, 0.1) is 11.8 Å². The Hall–Kier alpha value is -4.21. The van der Waals surface area contributed by atoms with E-state index in [2.05, 4.69) is 49.6 Å². The molecule has 3 heterocycles. The maximum Gasteiger partial charge on any atom is 0.416 e. The fourth-order valence-corrected chi connectivity index (χ4v) is 4.74. The van der Waals surface area contributed by atoms with Crippen LogP contribution in [0.1, 0.15) is 43.9 Å². The maximum absolute atomic E-state index is 13.9. The number of dihydropyridines is 1. The number of likely N-dealkylation sites (N-methyl/N-ethyl adjacent to an activating group) is 1. The van der Waals surface area contributed by atoms with Crippen LogP contribution in [-0.2, 0) is 17.5 Å². The van der Waals surface area contributed by atoms with Gasteiger partial charge in [-0.15, -0.1) is 0 Å². The van der Waals surface area contributed by atoms with Gasteiger partial charge in [-0.1, -0.05) is 30.9 Å². The number of aromatic nitrogens is 1. The van der Waals surface area contributed by atoms with E-state index in [1.807, 2.05) is 17.9 Å². The molecule has 42 heavy (non-hydrogen) atoms. The Labute approximate surface area is 243 Å². The molecule has 0 bridgehead atoms. The zero-order chi connectivity index (χ0) is 30.3. The van der Waals surface area contributed by atoms with Crippen molar-refractivity contribution >= 4 is 29.3 Å². The third-order valence-electron chi connectivity index (χ3n) is 6.97. The number of rotatable bonds is 5. The fraction of sp³-hybridized carbons (Fsp3) is 0.400. The van der Waals surface area contributed by atoms with Gasteiger partial charge >= 0.3 is 12.2 Å². The topological polar surface area (TPSA) is 102 Å². The lowest BCUT2D eigenvalue weighted by Crippen LogP contribution is -2.45. The molecule has 0 saturated carbocycles. The largest absolute Gasteiger partial charge is 0.416 e. The minimum absolute atomic E-state index is 0.0210. The van der Waals surface area contributed by atoms with Crippen LogP contribution in [0.3, 0.4) is 0 Å². The average molecular weight is 582 g/mol. The summed E-state index contributed by atoms with van der Waals surface area (Å²) in [6, 6.07) is 6.14. The van der Waals surface area contributed by atoms with Gasteiger partial charge in [0.25, 0.3) is 0 Å². The van der Waals surface area contributed by atoms with Crippen molar-refractivity contribution in [3.8, 4) is 11.8 Å². The van der Waals surface area contributed by atoms with Crippen LogP contribution in [0.4, 0.5) is 29.5 Å². The van der Waals surface area contributed by atoms with Crippen molar-refractivity contribution in [2.45, 2.75) is 46.0 Å². The second-order valence-electron chi connectivity index (χ2n) is 10.1. The van der Waals surface area contributed by atoms with Crippen LogP contribution in [0.25, 0.3) is 0 Å². The number of aliphatic imine (C=N–C) groups is 1. The first-order valence-electron chi connectivity index (χ1n) is 13.8. The normalized spacial score (nSPS) is 17.8. The highest BCUT2D eigenvalue weighted by Gasteiger charge is 2.34. The zero-order valence-electron chi connectivity index (χ0n) is 23.8. The van der Waals surface area contributed by atoms with Gasteiger partial charge in [0.05, 0.1) is 11.6 Å². The molecule has 3 amide bonds. The van der Waals surface area contributed by atoms with Gasteiger partial charge in [0.2, 0.25) is 5.91 Å². The Morgan fingerprint density at radius 1 is 1.02 bits per heavy atom. The third-order valence-corrected chi connectivity index (χ3v) is 6.97. The summed E-state index contributed by atoms with van der Waals surface area (Å²) in [5.74, 6) is 6.68. The Bertz CT molecular complexity index is 1430. The number of anilines is 2. The summed E-state index contributed by atoms with van der Waals surface area (Å²) in [6.45, 7) is 9.53. The second kappa shape index (κ2) is 13.6. The van der Waals surface area contributed by atoms with E-state index in [0.717, 1.165) is 31.3 Å². The molecule has 12 heteroatoms. The molecule has 222 valence electrons. The van der Waals surface area contributed by atoms with Crippen molar-refractivity contribution in [1.82, 2.24) is 20.1 Å². The van der Waals surface area contributed by atoms with Gasteiger partial charge in [-0.3, -0.25) is 20.0 Å². The van der Waals surface area contributed by atoms with Crippen LogP contribution >= 0.6 is 0 Å². The fourth-order valence-electron chi connectivity index (χ4n) is 4.74. The number of halogens is 3. The molecule has 1 aromatic heterocycles. The van der Waals surface area contributed by atoms with Crippen LogP contribution in [0.2, 0.25) is 0 Å². The summed E-state index contributed by atoms with van der Waals surface area (Å²) in [4.78, 5) is 36.7. The second-order valence-corrected chi connectivity index (χ2v) is 10.1. The smallest absolute Gasteiger partial charge is 0.315 e. The number of nitrogens with zero attached hydrogens (tertiary/aromatic N) is 4. The van der Waals surface area contributed by atoms with Crippen molar-refractivity contribution in [1.29, 1.82) is 0 Å². The standard InChI is InChI=1S/C30H34F3N7O2/c1-4-39-13-15-40(16-14-39)19-24-7-9-25(18-26(24)30(31,32)33)37-29(42)38-28-17-22(11-12-34-28)5-6-23-8-10-27(35-20(23)2)36-21(3)41/h7-9,11-12,17-18,20H,4,10,13-16,19H2,1-3H3,(H,35,36,41)(H2,34,37,38,42). The number of hydrogen-bond acceptors (Lipinski definition) is 6. The van der Waals surface area contributed by atoms with Gasteiger partial charge in [0.1, 0.15) is 11.7 Å². The van der Waals surface area contributed by atoms with Crippen molar-refractivity contribution in [3.05, 3.63) is 64.9 Å². The van der Waals surface area contributed by atoms with Crippen molar-refractivity contribution in [3.63, 3.8) is 0 Å². The molecule has 4 rings (SSSR count). The Morgan fingerprint density at radius 3 is 2.43 bits per heavy atom. The Morgan fingerprint density at radius 2 is 1.76 bits per heavy atom. The quantitative estimate of drug-likeness (QED) is 0.452. The molecule has 0 radical (unpaired) electrons. The van der Waals surface area contributed by atoms with Crippen molar-refractivity contribution in [2.24, 2.45) is 4.99 Å². The van der Waals surface area contributed by atoms with Crippen molar-refractivity contribution < 1.29 is 22.8 Å². The van der Waals surface area contributed by atoms with Gasteiger partial charge in [0, 0.05) is 69.1 Å². The predicted octanol–water partition coefficient (Wildman–Crippen LogP) is 4.49. The van der Waals surface area contributed by atoms with Gasteiger partial charge in [-0.25, -0.2) is 9.78 Å². The summed E-state index contributed by atoms with van der Waals surface area (Å²) >= 11 is 0. The highest BCUT2D eigenvalue weighted by molar-refractivity contribution is 5.99. The first-order chi connectivity index (χ1) is 20.0. The van der Waals surface area contributed by atoms with E-state index >= 15 is 0 Å². The van der Waals surface area contributed by atoms with E-state index in [4.69, 9.17) is 0 Å². The molecule has 2 aliphatic rings. The SMILES string of the molecule is CCN1CCN(Cc2ccc(NC(=O)Nc3cc(C#CC4=CCC(NC(C)=O)=NC4C)ccn3)cc2C(F)(F)F)CC1. The lowest BCUT2D eigenvalue weighted by Gasteiger charge is -2.34. The minimum atomic E-state index is -4.56. The number of alkyl halides is 3. The summed E-state index contributed by atoms with van der Waals surface area (Å²) < 4.78 is 41.8. The summed E-state index contributed by atoms with van der Waals surface area (Å²) in [7, 11) is 0. The first kappa shape index (κ1) is 30.7. The molecule has 2 aliphatic heterocycles. The van der Waals surface area contributed by atoms with Crippen LogP contribution in [-0.4, -0.2) is 71.3 Å². The maximum atomic E-state index is 13.9. The number of amidine groups is 1. The van der Waals surface area contributed by atoms with E-state index in [0.29, 0.717) is 30.9 Å². The number of amides is 3. The van der Waals surface area contributed by atoms with E-state index < -0.39 is 17.8 Å². The average Bonchev–Trinajstić information content (AvgIpc) is 2.93. The van der Waals surface area contributed by atoms with E-state index in [1.54, 1.807) is 12.1 Å². The van der Waals surface area contributed by atoms with Crippen molar-refractivity contribution in [2.75, 3.05) is 43.4 Å². The van der Waals surface area contributed by atoms with Crippen LogP contribution in [0.5, 0.6) is 0 Å². The molecule has 3 N–H and O–H groups in total. The summed E-state index contributed by atoms with van der Waals surface area (Å²) in [5.41, 5.74) is 0.792. The zero-order valence-corrected chi connectivity index (χ0v) is 23.8. The van der Waals surface area contributed by atoms with Gasteiger partial charge in [-0.05, 0) is 43.3 Å². The highest BCUT2D eigenvalue weighted by atomic mass is 19.4. The highest BCUT2D eigenvalue weighted by Crippen LogP contribution is 2.34. The molecule has 1 saturated heterocycles. The Balaban J connectivity index is 1.38. The summed E-state index contributed by atoms with van der Waals surface area (Å²) in [5, 5.41) is 7.71. The van der Waals surface area contributed by atoms with E-state index in [9.17, 15) is 22.8 Å². The number of nitrogens with one attached hydrogen (secondary N) is 3. The van der Waals surface area contributed by atoms with E-state index in [-0.39, 0.29) is 35.6 Å². The molecule has 1 atom stereocenters. The minimum Gasteiger partial charge on any atom is -0.315 e. The number of pyridine rings is 1. The lowest BCUT2D eigenvalue weighted by molar-refractivity contribution is -0.138. The Kier molecular flexibility index (Phi) is 9.98. The monoisotopic (exact) mass is 581 g/mol. The molecule has 1 fully saturated rings.